The summed E-state index contributed by atoms with van der Waals surface area (Å²) in [6.07, 6.45) is 3.24. The number of rotatable bonds is 4. The van der Waals surface area contributed by atoms with Crippen LogP contribution in [0.1, 0.15) is 37.3 Å². The van der Waals surface area contributed by atoms with Crippen molar-refractivity contribution in [1.82, 2.24) is 0 Å². The van der Waals surface area contributed by atoms with E-state index in [0.717, 1.165) is 29.7 Å². The number of aryl methyl sites for hydroxylation is 1. The van der Waals surface area contributed by atoms with Crippen molar-refractivity contribution < 1.29 is 8.76 Å². The summed E-state index contributed by atoms with van der Waals surface area (Å²) in [6.45, 7) is 6.12. The zero-order valence-corrected chi connectivity index (χ0v) is 15.3. The molecule has 0 heterocycles. The molecule has 0 aliphatic heterocycles. The monoisotopic (exact) mass is 364 g/mol. The maximum absolute atomic E-state index is 11.9. The summed E-state index contributed by atoms with van der Waals surface area (Å²) in [4.78, 5) is 23.7. The minimum atomic E-state index is -2.36. The van der Waals surface area contributed by atoms with Gasteiger partial charge in [-0.1, -0.05) is 12.1 Å². The highest BCUT2D eigenvalue weighted by Crippen LogP contribution is 2.36. The van der Waals surface area contributed by atoms with Gasteiger partial charge in [-0.3, -0.25) is 18.9 Å². The molecule has 2 aromatic carbocycles. The lowest BCUT2D eigenvalue weighted by Gasteiger charge is -2.40. The first-order valence-electron chi connectivity index (χ1n) is 7.93. The smallest absolute Gasteiger partial charge is 0.253 e. The van der Waals surface area contributed by atoms with Crippen molar-refractivity contribution in [2.75, 3.05) is 10.6 Å². The molecule has 1 aliphatic carbocycles. The first-order valence-corrected chi connectivity index (χ1v) is 9.07. The lowest BCUT2D eigenvalue weighted by molar-refractivity contribution is 0.306. The van der Waals surface area contributed by atoms with E-state index in [1.165, 1.54) is 6.42 Å². The van der Waals surface area contributed by atoms with Crippen molar-refractivity contribution in [1.29, 1.82) is 0 Å². The first kappa shape index (κ1) is 19.3. The number of nitrogens with one attached hydrogen (secondary N) is 2. The first-order chi connectivity index (χ1) is 11.6. The van der Waals surface area contributed by atoms with Crippen molar-refractivity contribution in [3.63, 3.8) is 0 Å². The molecule has 25 heavy (non-hydrogen) atoms. The molecule has 0 amide bonds. The highest BCUT2D eigenvalue weighted by atomic mass is 32.2. The molecule has 0 aromatic heterocycles. The molecule has 8 heteroatoms. The predicted molar refractivity (Wildman–Crippen MR) is 99.5 cm³/mol. The molecule has 136 valence electrons. The molecule has 0 bridgehead atoms. The lowest BCUT2D eigenvalue weighted by atomic mass is 9.78. The van der Waals surface area contributed by atoms with Crippen LogP contribution in [0.15, 0.2) is 27.8 Å². The van der Waals surface area contributed by atoms with Crippen LogP contribution in [-0.4, -0.2) is 14.3 Å². The zero-order chi connectivity index (χ0) is 18.8. The maximum Gasteiger partial charge on any atom is 0.253 e. The van der Waals surface area contributed by atoms with E-state index in [-0.39, 0.29) is 5.54 Å². The molecular weight excluding hydrogens is 342 g/mol. The van der Waals surface area contributed by atoms with Gasteiger partial charge in [0.25, 0.3) is 10.9 Å². The number of hydrogen-bond donors (Lipinski definition) is 3. The molecule has 1 saturated carbocycles. The number of benzene rings is 1. The number of nitrogens with two attached hydrogens (primary N) is 1. The van der Waals surface area contributed by atoms with Gasteiger partial charge >= 0.3 is 0 Å². The second-order valence-electron chi connectivity index (χ2n) is 6.58. The van der Waals surface area contributed by atoms with Crippen LogP contribution >= 0.6 is 0 Å². The van der Waals surface area contributed by atoms with Crippen molar-refractivity contribution in [3.8, 4) is 0 Å². The molecular formula is C17H22N3O4S-. The standard InChI is InChI=1S/C17H20N2O2.H3NO2S/c1-10-6-4-7-12(11(10)2)18-13-14(16(21)15(13)20)19-17(3)8-5-9-17;1-4(2)3/h4,6-7,18-19H,5,8-9H2,1-3H3;1H2,(H,2,3)/p-1. The van der Waals surface area contributed by atoms with E-state index in [0.29, 0.717) is 11.4 Å². The Bertz CT molecular complexity index is 863. The highest BCUT2D eigenvalue weighted by Gasteiger charge is 2.35. The molecule has 0 saturated heterocycles. The van der Waals surface area contributed by atoms with Gasteiger partial charge in [-0.25, -0.2) is 0 Å². The van der Waals surface area contributed by atoms with E-state index in [9.17, 15) is 9.59 Å². The Morgan fingerprint density at radius 2 is 1.72 bits per heavy atom. The average molecular weight is 364 g/mol. The molecule has 1 atom stereocenters. The third kappa shape index (κ3) is 4.33. The second kappa shape index (κ2) is 7.47. The van der Waals surface area contributed by atoms with E-state index in [2.05, 4.69) is 22.7 Å². The quantitative estimate of drug-likeness (QED) is 0.561. The fourth-order valence-corrected chi connectivity index (χ4v) is 2.79. The van der Waals surface area contributed by atoms with Crippen molar-refractivity contribution in [2.24, 2.45) is 5.14 Å². The summed E-state index contributed by atoms with van der Waals surface area (Å²) >= 11 is -2.36. The van der Waals surface area contributed by atoms with Crippen molar-refractivity contribution in [2.45, 2.75) is 45.6 Å². The summed E-state index contributed by atoms with van der Waals surface area (Å²) in [6, 6.07) is 5.89. The van der Waals surface area contributed by atoms with Crippen LogP contribution in [0.4, 0.5) is 17.1 Å². The summed E-state index contributed by atoms with van der Waals surface area (Å²) in [7, 11) is 0. The highest BCUT2D eigenvalue weighted by molar-refractivity contribution is 7.76. The Morgan fingerprint density at radius 3 is 2.24 bits per heavy atom. The molecule has 1 fully saturated rings. The van der Waals surface area contributed by atoms with Crippen LogP contribution in [-0.2, 0) is 11.3 Å². The van der Waals surface area contributed by atoms with E-state index in [4.69, 9.17) is 8.76 Å². The molecule has 2 aromatic rings. The molecule has 3 rings (SSSR count). The third-order valence-corrected chi connectivity index (χ3v) is 4.66. The Balaban J connectivity index is 0.000000511. The number of anilines is 3. The Hall–Kier alpha value is -2.03. The van der Waals surface area contributed by atoms with Crippen LogP contribution < -0.4 is 26.6 Å². The number of hydrogen-bond acceptors (Lipinski definition) is 6. The van der Waals surface area contributed by atoms with E-state index in [1.54, 1.807) is 0 Å². The summed E-state index contributed by atoms with van der Waals surface area (Å²) < 4.78 is 17.6. The SMILES string of the molecule is Cc1cccc(Nc2c(NC3(C)CCC3)c(=O)c2=O)c1C.NS(=O)[O-]. The van der Waals surface area contributed by atoms with Gasteiger partial charge in [-0.15, -0.1) is 0 Å². The fourth-order valence-electron chi connectivity index (χ4n) is 2.79. The van der Waals surface area contributed by atoms with Gasteiger partial charge in [0.05, 0.1) is 0 Å². The van der Waals surface area contributed by atoms with Crippen LogP contribution in [0.5, 0.6) is 0 Å². The van der Waals surface area contributed by atoms with Gasteiger partial charge in [0.2, 0.25) is 0 Å². The molecule has 0 spiro atoms. The summed E-state index contributed by atoms with van der Waals surface area (Å²) in [5.41, 5.74) is 3.09. The van der Waals surface area contributed by atoms with E-state index in [1.807, 2.05) is 32.0 Å². The minimum absolute atomic E-state index is 0.0414. The topological polar surface area (TPSA) is 124 Å². The largest absolute Gasteiger partial charge is 0.760 e. The minimum Gasteiger partial charge on any atom is -0.760 e. The van der Waals surface area contributed by atoms with Crippen LogP contribution in [0.25, 0.3) is 0 Å². The zero-order valence-electron chi connectivity index (χ0n) is 14.5. The van der Waals surface area contributed by atoms with Gasteiger partial charge in [0.1, 0.15) is 11.4 Å². The molecule has 1 aliphatic rings. The Labute approximate surface area is 148 Å². The maximum atomic E-state index is 11.9. The Morgan fingerprint density at radius 1 is 1.16 bits per heavy atom. The summed E-state index contributed by atoms with van der Waals surface area (Å²) in [5, 5.41) is 10.4. The van der Waals surface area contributed by atoms with Crippen molar-refractivity contribution in [3.05, 3.63) is 49.8 Å². The van der Waals surface area contributed by atoms with E-state index >= 15 is 0 Å². The summed E-state index contributed by atoms with van der Waals surface area (Å²) in [5.74, 6) is 0. The van der Waals surface area contributed by atoms with Gasteiger partial charge in [0.15, 0.2) is 0 Å². The van der Waals surface area contributed by atoms with Gasteiger partial charge in [-0.05, 0) is 57.2 Å². The fraction of sp³-hybridized carbons (Fsp3) is 0.412. The van der Waals surface area contributed by atoms with Crippen LogP contribution in [0.2, 0.25) is 0 Å². The van der Waals surface area contributed by atoms with Gasteiger partial charge in [-0.2, -0.15) is 0 Å². The molecule has 1 unspecified atom stereocenters. The predicted octanol–water partition coefficient (Wildman–Crippen LogP) is 1.74. The normalized spacial score (nSPS) is 16.4. The Kier molecular flexibility index (Phi) is 5.76. The van der Waals surface area contributed by atoms with Gasteiger partial charge < -0.3 is 15.2 Å². The second-order valence-corrected chi connectivity index (χ2v) is 7.10. The molecule has 4 N–H and O–H groups in total. The van der Waals surface area contributed by atoms with Gasteiger partial charge in [0, 0.05) is 22.5 Å². The lowest BCUT2D eigenvalue weighted by Crippen LogP contribution is -2.47. The van der Waals surface area contributed by atoms with E-state index < -0.39 is 22.1 Å². The third-order valence-electron chi connectivity index (χ3n) is 4.66. The molecule has 7 nitrogen and oxygen atoms in total. The van der Waals surface area contributed by atoms with Crippen LogP contribution in [0, 0.1) is 13.8 Å². The molecule has 0 radical (unpaired) electrons. The van der Waals surface area contributed by atoms with Crippen LogP contribution in [0.3, 0.4) is 0 Å². The van der Waals surface area contributed by atoms with Crippen molar-refractivity contribution >= 4 is 28.3 Å². The average Bonchev–Trinajstić information content (AvgIpc) is 2.52.